The summed E-state index contributed by atoms with van der Waals surface area (Å²) >= 11 is 0. The second-order valence-electron chi connectivity index (χ2n) is 4.76. The Labute approximate surface area is 118 Å². The molecule has 0 aliphatic carbocycles. The minimum Gasteiger partial charge on any atom is -0.362 e. The van der Waals surface area contributed by atoms with E-state index >= 15 is 0 Å². The molecule has 0 saturated carbocycles. The standard InChI is InChI=1S/C14H19N5O/c1-11(19-9-5-8-17-19)14(20)16-10-12-6-4-7-15-13(12)18(2)3/h4-9,11H,10H2,1-3H3,(H,16,20)/t11-/m0/s1. The molecule has 0 bridgehead atoms. The molecule has 2 heterocycles. The van der Waals surface area contributed by atoms with Crippen LogP contribution in [0.4, 0.5) is 5.82 Å². The minimum atomic E-state index is -0.329. The van der Waals surface area contributed by atoms with E-state index in [4.69, 9.17) is 0 Å². The number of rotatable bonds is 5. The second-order valence-corrected chi connectivity index (χ2v) is 4.76. The lowest BCUT2D eigenvalue weighted by molar-refractivity contribution is -0.124. The van der Waals surface area contributed by atoms with Crippen molar-refractivity contribution >= 4 is 11.7 Å². The maximum atomic E-state index is 12.1. The van der Waals surface area contributed by atoms with Crippen LogP contribution in [0.25, 0.3) is 0 Å². The van der Waals surface area contributed by atoms with Crippen LogP contribution in [0.1, 0.15) is 18.5 Å². The third kappa shape index (κ3) is 3.14. The molecule has 20 heavy (non-hydrogen) atoms. The monoisotopic (exact) mass is 273 g/mol. The molecule has 0 aliphatic rings. The number of hydrogen-bond donors (Lipinski definition) is 1. The molecule has 0 spiro atoms. The number of nitrogens with one attached hydrogen (secondary N) is 1. The predicted octanol–water partition coefficient (Wildman–Crippen LogP) is 1.22. The summed E-state index contributed by atoms with van der Waals surface area (Å²) in [6, 6.07) is 5.30. The molecular formula is C14H19N5O. The summed E-state index contributed by atoms with van der Waals surface area (Å²) in [5.74, 6) is 0.793. The lowest BCUT2D eigenvalue weighted by Gasteiger charge is -2.17. The molecule has 0 fully saturated rings. The van der Waals surface area contributed by atoms with E-state index in [1.54, 1.807) is 29.3 Å². The van der Waals surface area contributed by atoms with Crippen molar-refractivity contribution < 1.29 is 4.79 Å². The normalized spacial score (nSPS) is 11.9. The molecule has 0 radical (unpaired) electrons. The first-order valence-corrected chi connectivity index (χ1v) is 6.47. The topological polar surface area (TPSA) is 63.1 Å². The molecule has 106 valence electrons. The molecule has 2 rings (SSSR count). The third-order valence-corrected chi connectivity index (χ3v) is 3.05. The lowest BCUT2D eigenvalue weighted by atomic mass is 10.2. The summed E-state index contributed by atoms with van der Waals surface area (Å²) in [5, 5.41) is 6.99. The highest BCUT2D eigenvalue weighted by atomic mass is 16.2. The Kier molecular flexibility index (Phi) is 4.34. The van der Waals surface area contributed by atoms with Crippen molar-refractivity contribution in [1.82, 2.24) is 20.1 Å². The molecule has 2 aromatic heterocycles. The van der Waals surface area contributed by atoms with Gasteiger partial charge in [-0.3, -0.25) is 9.48 Å². The Morgan fingerprint density at radius 1 is 1.40 bits per heavy atom. The maximum Gasteiger partial charge on any atom is 0.244 e. The van der Waals surface area contributed by atoms with Crippen LogP contribution >= 0.6 is 0 Å². The first-order valence-electron chi connectivity index (χ1n) is 6.47. The summed E-state index contributed by atoms with van der Waals surface area (Å²) in [5.41, 5.74) is 0.985. The summed E-state index contributed by atoms with van der Waals surface area (Å²) < 4.78 is 1.63. The molecule has 0 unspecified atom stereocenters. The molecule has 1 atom stereocenters. The second kappa shape index (κ2) is 6.18. The summed E-state index contributed by atoms with van der Waals surface area (Å²) in [7, 11) is 3.86. The number of carbonyl (C=O) groups is 1. The van der Waals surface area contributed by atoms with Gasteiger partial charge in [0.2, 0.25) is 5.91 Å². The van der Waals surface area contributed by atoms with Crippen LogP contribution in [0, 0.1) is 0 Å². The van der Waals surface area contributed by atoms with Crippen LogP contribution in [0.2, 0.25) is 0 Å². The van der Waals surface area contributed by atoms with E-state index in [0.717, 1.165) is 11.4 Å². The SMILES string of the molecule is C[C@@H](C(=O)NCc1cccnc1N(C)C)n1cccn1. The fourth-order valence-corrected chi connectivity index (χ4v) is 1.93. The molecule has 0 aromatic carbocycles. The molecule has 0 saturated heterocycles. The summed E-state index contributed by atoms with van der Waals surface area (Å²) in [6.07, 6.45) is 5.18. The van der Waals surface area contributed by atoms with Gasteiger partial charge in [-0.25, -0.2) is 4.98 Å². The van der Waals surface area contributed by atoms with Crippen molar-refractivity contribution in [3.63, 3.8) is 0 Å². The van der Waals surface area contributed by atoms with Gasteiger partial charge in [0.15, 0.2) is 0 Å². The zero-order chi connectivity index (χ0) is 14.5. The van der Waals surface area contributed by atoms with Gasteiger partial charge in [0.25, 0.3) is 0 Å². The van der Waals surface area contributed by atoms with Crippen LogP contribution in [-0.2, 0) is 11.3 Å². The van der Waals surface area contributed by atoms with Gasteiger partial charge in [-0.05, 0) is 19.1 Å². The van der Waals surface area contributed by atoms with Crippen molar-refractivity contribution in [3.05, 3.63) is 42.4 Å². The lowest BCUT2D eigenvalue weighted by Crippen LogP contribution is -2.31. The third-order valence-electron chi connectivity index (χ3n) is 3.05. The van der Waals surface area contributed by atoms with Gasteiger partial charge in [0.1, 0.15) is 11.9 Å². The van der Waals surface area contributed by atoms with Gasteiger partial charge in [0, 0.05) is 44.8 Å². The number of pyridine rings is 1. The zero-order valence-corrected chi connectivity index (χ0v) is 11.9. The Bertz CT molecular complexity index is 565. The molecular weight excluding hydrogens is 254 g/mol. The predicted molar refractivity (Wildman–Crippen MR) is 77.3 cm³/mol. The highest BCUT2D eigenvalue weighted by Gasteiger charge is 2.15. The van der Waals surface area contributed by atoms with Gasteiger partial charge in [-0.2, -0.15) is 5.10 Å². The smallest absolute Gasteiger partial charge is 0.244 e. The Balaban J connectivity index is 2.00. The van der Waals surface area contributed by atoms with E-state index < -0.39 is 0 Å². The van der Waals surface area contributed by atoms with E-state index in [-0.39, 0.29) is 11.9 Å². The number of aromatic nitrogens is 3. The molecule has 6 nitrogen and oxygen atoms in total. The number of carbonyl (C=O) groups excluding carboxylic acids is 1. The molecule has 2 aromatic rings. The van der Waals surface area contributed by atoms with Crippen molar-refractivity contribution in [2.75, 3.05) is 19.0 Å². The first-order chi connectivity index (χ1) is 9.59. The van der Waals surface area contributed by atoms with Crippen LogP contribution in [0.15, 0.2) is 36.8 Å². The van der Waals surface area contributed by atoms with E-state index in [1.807, 2.05) is 38.1 Å². The van der Waals surface area contributed by atoms with E-state index in [9.17, 15) is 4.79 Å². The highest BCUT2D eigenvalue weighted by Crippen LogP contribution is 2.14. The largest absolute Gasteiger partial charge is 0.362 e. The highest BCUT2D eigenvalue weighted by molar-refractivity contribution is 5.79. The average Bonchev–Trinajstić information content (AvgIpc) is 2.98. The fraction of sp³-hybridized carbons (Fsp3) is 0.357. The minimum absolute atomic E-state index is 0.0674. The van der Waals surface area contributed by atoms with Gasteiger partial charge >= 0.3 is 0 Å². The molecule has 1 amide bonds. The number of nitrogens with zero attached hydrogens (tertiary/aromatic N) is 4. The summed E-state index contributed by atoms with van der Waals surface area (Å²) in [6.45, 7) is 2.27. The van der Waals surface area contributed by atoms with Gasteiger partial charge < -0.3 is 10.2 Å². The Morgan fingerprint density at radius 3 is 2.85 bits per heavy atom. The van der Waals surface area contributed by atoms with Gasteiger partial charge in [-0.15, -0.1) is 0 Å². The maximum absolute atomic E-state index is 12.1. The summed E-state index contributed by atoms with van der Waals surface area (Å²) in [4.78, 5) is 18.3. The van der Waals surface area contributed by atoms with E-state index in [0.29, 0.717) is 6.54 Å². The number of hydrogen-bond acceptors (Lipinski definition) is 4. The van der Waals surface area contributed by atoms with Crippen molar-refractivity contribution in [2.24, 2.45) is 0 Å². The van der Waals surface area contributed by atoms with E-state index in [2.05, 4.69) is 15.4 Å². The molecule has 1 N–H and O–H groups in total. The molecule has 0 aliphatic heterocycles. The quantitative estimate of drug-likeness (QED) is 0.889. The van der Waals surface area contributed by atoms with Crippen LogP contribution in [-0.4, -0.2) is 34.8 Å². The average molecular weight is 273 g/mol. The van der Waals surface area contributed by atoms with Crippen molar-refractivity contribution in [1.29, 1.82) is 0 Å². The van der Waals surface area contributed by atoms with Crippen LogP contribution < -0.4 is 10.2 Å². The van der Waals surface area contributed by atoms with Crippen LogP contribution in [0.3, 0.4) is 0 Å². The van der Waals surface area contributed by atoms with Crippen molar-refractivity contribution in [3.8, 4) is 0 Å². The zero-order valence-electron chi connectivity index (χ0n) is 11.9. The van der Waals surface area contributed by atoms with E-state index in [1.165, 1.54) is 0 Å². The van der Waals surface area contributed by atoms with Crippen LogP contribution in [0.5, 0.6) is 0 Å². The number of anilines is 1. The first kappa shape index (κ1) is 14.0. The Hall–Kier alpha value is -2.37. The fourth-order valence-electron chi connectivity index (χ4n) is 1.93. The van der Waals surface area contributed by atoms with Gasteiger partial charge in [-0.1, -0.05) is 6.07 Å². The number of amides is 1. The molecule has 6 heteroatoms. The van der Waals surface area contributed by atoms with Gasteiger partial charge in [0.05, 0.1) is 0 Å². The Morgan fingerprint density at radius 2 is 2.20 bits per heavy atom. The van der Waals surface area contributed by atoms with Crippen molar-refractivity contribution in [2.45, 2.75) is 19.5 Å².